The fourth-order valence-corrected chi connectivity index (χ4v) is 4.61. The molecule has 43 heavy (non-hydrogen) atoms. The summed E-state index contributed by atoms with van der Waals surface area (Å²) < 4.78 is 0. The lowest BCUT2D eigenvalue weighted by atomic mass is 9.99. The Morgan fingerprint density at radius 3 is 2.28 bits per heavy atom. The van der Waals surface area contributed by atoms with E-state index < -0.39 is 0 Å². The molecule has 3 aromatic rings. The second-order valence-corrected chi connectivity index (χ2v) is 10.9. The minimum Gasteiger partial charge on any atom is -0.350 e. The van der Waals surface area contributed by atoms with Crippen molar-refractivity contribution in [3.63, 3.8) is 0 Å². The molecule has 228 valence electrons. The van der Waals surface area contributed by atoms with E-state index in [4.69, 9.17) is 11.6 Å². The molecule has 1 aliphatic carbocycles. The lowest BCUT2D eigenvalue weighted by Crippen LogP contribution is -2.36. The number of amides is 3. The molecule has 1 heterocycles. The van der Waals surface area contributed by atoms with Crippen molar-refractivity contribution in [2.75, 3.05) is 25.0 Å². The highest BCUT2D eigenvalue weighted by atomic mass is 35.5. The van der Waals surface area contributed by atoms with Crippen LogP contribution in [0.15, 0.2) is 72.8 Å². The van der Waals surface area contributed by atoms with Crippen LogP contribution in [0.5, 0.6) is 0 Å². The Morgan fingerprint density at radius 1 is 0.953 bits per heavy atom. The molecule has 1 fully saturated rings. The average molecular weight is 605 g/mol. The van der Waals surface area contributed by atoms with E-state index in [1.54, 1.807) is 30.3 Å². The van der Waals surface area contributed by atoms with Crippen LogP contribution in [0.25, 0.3) is 0 Å². The van der Waals surface area contributed by atoms with Gasteiger partial charge in [-0.1, -0.05) is 73.1 Å². The first-order valence-corrected chi connectivity index (χ1v) is 15.1. The van der Waals surface area contributed by atoms with E-state index in [9.17, 15) is 19.2 Å². The van der Waals surface area contributed by atoms with Crippen LogP contribution in [0.3, 0.4) is 0 Å². The highest BCUT2D eigenvalue weighted by Crippen LogP contribution is 2.20. The number of ketones is 1. The molecule has 3 N–H and O–H groups in total. The van der Waals surface area contributed by atoms with Gasteiger partial charge in [0.05, 0.1) is 6.54 Å². The highest BCUT2D eigenvalue weighted by molar-refractivity contribution is 6.31. The molecular weight excluding hydrogens is 564 g/mol. The van der Waals surface area contributed by atoms with Gasteiger partial charge in [0.1, 0.15) is 0 Å². The molecule has 0 spiro atoms. The second-order valence-electron chi connectivity index (χ2n) is 10.5. The molecule has 5 rings (SSSR count). The van der Waals surface area contributed by atoms with Gasteiger partial charge in [0.2, 0.25) is 18.2 Å². The number of fused-ring (bicyclic) bond motifs is 1. The Labute approximate surface area is 259 Å². The number of hydrogen-bond acceptors (Lipinski definition) is 5. The maximum absolute atomic E-state index is 12.3. The standard InChI is InChI=1S/C19H19NO2.C10H11ClN2O2.C5H11N/c21-18(16-7-2-1-3-8-16)10-11-19(22)20-13-12-15-6-4-5-9-17(15)14-20;1-7-4-8(2-3-9(7)11)13-10(15)5-12-6-14;1-2-6-5-3-4-5/h1-9H,10-14H2;2-4,6H,5H2,1H3,(H,12,14)(H,13,15);5-6H,2-4H2,1H3. The van der Waals surface area contributed by atoms with E-state index in [0.29, 0.717) is 29.2 Å². The first kappa shape index (κ1) is 33.5. The second kappa shape index (κ2) is 17.8. The first-order chi connectivity index (χ1) is 20.8. The number of rotatable bonds is 10. The smallest absolute Gasteiger partial charge is 0.243 e. The Hall–Kier alpha value is -4.01. The SMILES string of the molecule is CCNC1CC1.Cc1cc(NC(=O)CNC=O)ccc1Cl.O=C(CCC(=O)N1CCc2ccccc2C1)c1ccccc1. The summed E-state index contributed by atoms with van der Waals surface area (Å²) in [6, 6.07) is 23.5. The minimum absolute atomic E-state index is 0.0337. The molecule has 9 heteroatoms. The number of nitrogens with one attached hydrogen (secondary N) is 3. The molecule has 0 radical (unpaired) electrons. The Bertz CT molecular complexity index is 1360. The monoisotopic (exact) mass is 604 g/mol. The highest BCUT2D eigenvalue weighted by Gasteiger charge is 2.21. The molecule has 3 amide bonds. The molecule has 8 nitrogen and oxygen atoms in total. The summed E-state index contributed by atoms with van der Waals surface area (Å²) in [5.74, 6) is -0.172. The Kier molecular flexibility index (Phi) is 13.9. The van der Waals surface area contributed by atoms with E-state index in [2.05, 4.69) is 35.0 Å². The summed E-state index contributed by atoms with van der Waals surface area (Å²) in [7, 11) is 0. The fourth-order valence-electron chi connectivity index (χ4n) is 4.49. The van der Waals surface area contributed by atoms with Crippen molar-refractivity contribution < 1.29 is 19.2 Å². The van der Waals surface area contributed by atoms with Gasteiger partial charge in [0.25, 0.3) is 0 Å². The van der Waals surface area contributed by atoms with Crippen molar-refractivity contribution in [1.82, 2.24) is 15.5 Å². The van der Waals surface area contributed by atoms with E-state index in [1.165, 1.54) is 24.0 Å². The number of anilines is 1. The maximum Gasteiger partial charge on any atom is 0.243 e. The van der Waals surface area contributed by atoms with Gasteiger partial charge in [-0.3, -0.25) is 19.2 Å². The fraction of sp³-hybridized carbons (Fsp3) is 0.353. The molecule has 3 aromatic carbocycles. The van der Waals surface area contributed by atoms with Crippen LogP contribution in [0, 0.1) is 6.92 Å². The summed E-state index contributed by atoms with van der Waals surface area (Å²) in [6.45, 7) is 6.51. The molecule has 0 atom stereocenters. The third kappa shape index (κ3) is 12.0. The summed E-state index contributed by atoms with van der Waals surface area (Å²) in [5.41, 5.74) is 4.77. The van der Waals surface area contributed by atoms with Gasteiger partial charge in [0.15, 0.2) is 5.78 Å². The lowest BCUT2D eigenvalue weighted by molar-refractivity contribution is -0.132. The van der Waals surface area contributed by atoms with Gasteiger partial charge in [-0.25, -0.2) is 0 Å². The zero-order chi connectivity index (χ0) is 31.0. The van der Waals surface area contributed by atoms with Crippen molar-refractivity contribution in [3.05, 3.63) is 100 Å². The molecule has 0 saturated heterocycles. The third-order valence-corrected chi connectivity index (χ3v) is 7.43. The third-order valence-electron chi connectivity index (χ3n) is 7.00. The van der Waals surface area contributed by atoms with E-state index >= 15 is 0 Å². The number of Topliss-reactive ketones (excluding diaryl/α,β-unsaturated/α-hetero) is 1. The summed E-state index contributed by atoms with van der Waals surface area (Å²) in [5, 5.41) is 8.87. The van der Waals surface area contributed by atoms with Gasteiger partial charge in [0, 0.05) is 48.2 Å². The van der Waals surface area contributed by atoms with Crippen LogP contribution < -0.4 is 16.0 Å². The Morgan fingerprint density at radius 2 is 1.65 bits per heavy atom. The number of benzene rings is 3. The van der Waals surface area contributed by atoms with Gasteiger partial charge < -0.3 is 20.9 Å². The lowest BCUT2D eigenvalue weighted by Gasteiger charge is -2.28. The molecular formula is C34H41ClN4O4. The molecule has 1 aliphatic heterocycles. The van der Waals surface area contributed by atoms with E-state index in [1.807, 2.05) is 42.2 Å². The number of nitrogens with zero attached hydrogens (tertiary/aromatic N) is 1. The van der Waals surface area contributed by atoms with Gasteiger partial charge in [-0.2, -0.15) is 0 Å². The summed E-state index contributed by atoms with van der Waals surface area (Å²) in [6.07, 6.45) is 4.76. The van der Waals surface area contributed by atoms with Crippen LogP contribution in [0.1, 0.15) is 59.7 Å². The number of aryl methyl sites for hydroxylation is 1. The normalized spacial score (nSPS) is 13.2. The molecule has 0 bridgehead atoms. The molecule has 1 saturated carbocycles. The quantitative estimate of drug-likeness (QED) is 0.214. The predicted octanol–water partition coefficient (Wildman–Crippen LogP) is 5.33. The average Bonchev–Trinajstić information content (AvgIpc) is 3.86. The van der Waals surface area contributed by atoms with Crippen molar-refractivity contribution in [1.29, 1.82) is 0 Å². The first-order valence-electron chi connectivity index (χ1n) is 14.7. The van der Waals surface area contributed by atoms with Crippen molar-refractivity contribution in [2.24, 2.45) is 0 Å². The summed E-state index contributed by atoms with van der Waals surface area (Å²) >= 11 is 5.83. The number of carbonyl (C=O) groups is 4. The molecule has 2 aliphatic rings. The topological polar surface area (TPSA) is 108 Å². The van der Waals surface area contributed by atoms with Crippen LogP contribution in [0.2, 0.25) is 5.02 Å². The van der Waals surface area contributed by atoms with Gasteiger partial charge in [-0.05, 0) is 67.6 Å². The largest absolute Gasteiger partial charge is 0.350 e. The zero-order valence-corrected chi connectivity index (χ0v) is 25.7. The van der Waals surface area contributed by atoms with Crippen molar-refractivity contribution in [3.8, 4) is 0 Å². The van der Waals surface area contributed by atoms with Crippen molar-refractivity contribution in [2.45, 2.75) is 58.5 Å². The Balaban J connectivity index is 0.000000207. The van der Waals surface area contributed by atoms with Gasteiger partial charge >= 0.3 is 0 Å². The van der Waals surface area contributed by atoms with Crippen LogP contribution in [-0.2, 0) is 27.3 Å². The van der Waals surface area contributed by atoms with Gasteiger partial charge in [-0.15, -0.1) is 0 Å². The predicted molar refractivity (Wildman–Crippen MR) is 171 cm³/mol. The summed E-state index contributed by atoms with van der Waals surface area (Å²) in [4.78, 5) is 47.4. The zero-order valence-electron chi connectivity index (χ0n) is 24.9. The molecule has 0 unspecified atom stereocenters. The number of hydrogen-bond donors (Lipinski definition) is 3. The maximum atomic E-state index is 12.3. The van der Waals surface area contributed by atoms with Crippen LogP contribution in [0.4, 0.5) is 5.69 Å². The minimum atomic E-state index is -0.274. The van der Waals surface area contributed by atoms with E-state index in [-0.39, 0.29) is 37.0 Å². The van der Waals surface area contributed by atoms with Crippen molar-refractivity contribution >= 4 is 41.3 Å². The number of carbonyl (C=O) groups excluding carboxylic acids is 4. The van der Waals surface area contributed by atoms with Crippen LogP contribution in [-0.4, -0.2) is 54.6 Å². The van der Waals surface area contributed by atoms with E-state index in [0.717, 1.165) is 31.1 Å². The van der Waals surface area contributed by atoms with Crippen LogP contribution >= 0.6 is 11.6 Å². The number of halogens is 1. The molecule has 0 aromatic heterocycles.